The summed E-state index contributed by atoms with van der Waals surface area (Å²) in [6.45, 7) is 4.06. The molecule has 4 rings (SSSR count). The molecule has 0 fully saturated rings. The Hall–Kier alpha value is -3.84. The minimum absolute atomic E-state index is 0.0119. The second kappa shape index (κ2) is 8.26. The predicted octanol–water partition coefficient (Wildman–Crippen LogP) is 3.89. The topological polar surface area (TPSA) is 88.2 Å². The number of aliphatic hydroxyl groups excluding tert-OH is 1. The van der Waals surface area contributed by atoms with Crippen LogP contribution in [0.5, 0.6) is 0 Å². The van der Waals surface area contributed by atoms with Crippen molar-refractivity contribution in [1.82, 2.24) is 25.1 Å². The van der Waals surface area contributed by atoms with Crippen LogP contribution in [0.3, 0.4) is 0 Å². The second-order valence-corrected chi connectivity index (χ2v) is 6.98. The van der Waals surface area contributed by atoms with E-state index in [1.807, 2.05) is 67.5 Å². The van der Waals surface area contributed by atoms with Gasteiger partial charge in [-0.25, -0.2) is 4.98 Å². The Labute approximate surface area is 174 Å². The Morgan fingerprint density at radius 1 is 0.900 bits per heavy atom. The van der Waals surface area contributed by atoms with Gasteiger partial charge in [0.2, 0.25) is 5.89 Å². The molecule has 4 aromatic rings. The van der Waals surface area contributed by atoms with Gasteiger partial charge in [-0.2, -0.15) is 0 Å². The molecular weight excluding hydrogens is 378 g/mol. The molecular formula is C23H21N5O2. The summed E-state index contributed by atoms with van der Waals surface area (Å²) in [7, 11) is 3.93. The summed E-state index contributed by atoms with van der Waals surface area (Å²) in [6, 6.07) is 15.3. The fourth-order valence-corrected chi connectivity index (χ4v) is 2.90. The van der Waals surface area contributed by atoms with Crippen molar-refractivity contribution in [3.8, 4) is 34.3 Å². The van der Waals surface area contributed by atoms with Crippen molar-refractivity contribution < 1.29 is 9.52 Å². The number of nitrogens with zero attached hydrogens (tertiary/aromatic N) is 5. The van der Waals surface area contributed by atoms with E-state index in [0.717, 1.165) is 28.0 Å². The summed E-state index contributed by atoms with van der Waals surface area (Å²) in [5, 5.41) is 17.4. The Balaban J connectivity index is 1.59. The lowest BCUT2D eigenvalue weighted by Gasteiger charge is -2.15. The van der Waals surface area contributed by atoms with Crippen LogP contribution in [0, 0.1) is 0 Å². The average Bonchev–Trinajstić information content (AvgIpc) is 3.29. The third-order valence-corrected chi connectivity index (χ3v) is 4.72. The van der Waals surface area contributed by atoms with Crippen molar-refractivity contribution in [1.29, 1.82) is 0 Å². The third-order valence-electron chi connectivity index (χ3n) is 4.72. The minimum atomic E-state index is -0.0119. The van der Waals surface area contributed by atoms with Crippen molar-refractivity contribution in [2.45, 2.75) is 6.61 Å². The first kappa shape index (κ1) is 19.5. The van der Waals surface area contributed by atoms with Gasteiger partial charge in [-0.15, -0.1) is 10.2 Å². The lowest BCUT2D eigenvalue weighted by molar-refractivity contribution is 0.282. The molecule has 0 saturated heterocycles. The van der Waals surface area contributed by atoms with Gasteiger partial charge in [0.1, 0.15) is 5.69 Å². The van der Waals surface area contributed by atoms with E-state index in [2.05, 4.69) is 26.7 Å². The normalized spacial score (nSPS) is 10.8. The van der Waals surface area contributed by atoms with Crippen LogP contribution in [0.4, 0.5) is 0 Å². The van der Waals surface area contributed by atoms with Crippen LogP contribution in [-0.2, 0) is 6.61 Å². The Morgan fingerprint density at radius 2 is 1.53 bits per heavy atom. The molecule has 7 heteroatoms. The van der Waals surface area contributed by atoms with E-state index in [4.69, 9.17) is 9.52 Å². The van der Waals surface area contributed by atoms with Crippen molar-refractivity contribution in [2.24, 2.45) is 0 Å². The smallest absolute Gasteiger partial charge is 0.268 e. The fraction of sp³-hybridized carbons (Fsp3) is 0.130. The largest absolute Gasteiger partial charge is 0.415 e. The zero-order chi connectivity index (χ0) is 21.1. The summed E-state index contributed by atoms with van der Waals surface area (Å²) in [4.78, 5) is 10.9. The van der Waals surface area contributed by atoms with Crippen molar-refractivity contribution in [3.63, 3.8) is 0 Å². The van der Waals surface area contributed by atoms with E-state index < -0.39 is 0 Å². The summed E-state index contributed by atoms with van der Waals surface area (Å²) in [5.74, 6) is 0.677. The van der Waals surface area contributed by atoms with Gasteiger partial charge < -0.3 is 14.4 Å². The van der Waals surface area contributed by atoms with Gasteiger partial charge in [-0.05, 0) is 23.3 Å². The number of aliphatic hydroxyl groups is 1. The maximum Gasteiger partial charge on any atom is 0.268 e. The molecule has 0 atom stereocenters. The monoisotopic (exact) mass is 399 g/mol. The Morgan fingerprint density at radius 3 is 2.20 bits per heavy atom. The predicted molar refractivity (Wildman–Crippen MR) is 115 cm³/mol. The Kier molecular flexibility index (Phi) is 5.36. The molecule has 150 valence electrons. The Bertz CT molecular complexity index is 1160. The molecule has 0 aliphatic heterocycles. The lowest BCUT2D eigenvalue weighted by Crippen LogP contribution is -2.08. The molecule has 0 amide bonds. The molecule has 0 spiro atoms. The highest BCUT2D eigenvalue weighted by molar-refractivity contribution is 5.67. The van der Waals surface area contributed by atoms with Crippen molar-refractivity contribution in [2.75, 3.05) is 14.1 Å². The highest BCUT2D eigenvalue weighted by Crippen LogP contribution is 2.25. The zero-order valence-corrected chi connectivity index (χ0v) is 16.8. The summed E-state index contributed by atoms with van der Waals surface area (Å²) >= 11 is 0. The molecule has 0 aliphatic rings. The molecule has 0 radical (unpaired) electrons. The first-order valence-corrected chi connectivity index (χ1v) is 9.38. The van der Waals surface area contributed by atoms with Crippen LogP contribution in [0.1, 0.15) is 11.1 Å². The van der Waals surface area contributed by atoms with Gasteiger partial charge >= 0.3 is 0 Å². The lowest BCUT2D eigenvalue weighted by atomic mass is 10.1. The first-order valence-electron chi connectivity index (χ1n) is 9.38. The molecule has 0 unspecified atom stereocenters. The number of hydrogen-bond acceptors (Lipinski definition) is 7. The summed E-state index contributed by atoms with van der Waals surface area (Å²) < 4.78 is 5.79. The number of hydrogen-bond donors (Lipinski definition) is 1. The third kappa shape index (κ3) is 3.97. The van der Waals surface area contributed by atoms with Crippen LogP contribution in [0.2, 0.25) is 0 Å². The van der Waals surface area contributed by atoms with Crippen LogP contribution in [-0.4, -0.2) is 44.3 Å². The first-order chi connectivity index (χ1) is 14.5. The summed E-state index contributed by atoms with van der Waals surface area (Å²) in [6.07, 6.45) is 3.29. The van der Waals surface area contributed by atoms with Crippen molar-refractivity contribution in [3.05, 3.63) is 78.6 Å². The molecule has 2 aromatic carbocycles. The standard InChI is InChI=1S/C23H21N5O2/c1-15(28(2)3)17-8-10-18(11-9-17)20-12-24-13-21(25-20)23-27-26-22(30-23)19-6-4-16(14-29)5-7-19/h4-13,29H,1,14H2,2-3H3. The van der Waals surface area contributed by atoms with Crippen LogP contribution >= 0.6 is 0 Å². The van der Waals surface area contributed by atoms with Crippen LogP contribution < -0.4 is 0 Å². The number of benzene rings is 2. The van der Waals surface area contributed by atoms with Gasteiger partial charge in [0, 0.05) is 30.9 Å². The van der Waals surface area contributed by atoms with E-state index >= 15 is 0 Å². The van der Waals surface area contributed by atoms with Gasteiger partial charge in [0.15, 0.2) is 0 Å². The molecule has 0 aliphatic carbocycles. The summed E-state index contributed by atoms with van der Waals surface area (Å²) in [5.41, 5.74) is 5.71. The SMILES string of the molecule is C=C(c1ccc(-c2cncc(-c3nnc(-c4ccc(CO)cc4)o3)n2)cc1)N(C)C. The molecule has 7 nitrogen and oxygen atoms in total. The van der Waals surface area contributed by atoms with Crippen LogP contribution in [0.25, 0.3) is 40.0 Å². The van der Waals surface area contributed by atoms with Gasteiger partial charge in [0.25, 0.3) is 5.89 Å². The van der Waals surface area contributed by atoms with Crippen molar-refractivity contribution >= 4 is 5.70 Å². The molecule has 30 heavy (non-hydrogen) atoms. The van der Waals surface area contributed by atoms with Crippen LogP contribution in [0.15, 0.2) is 71.9 Å². The minimum Gasteiger partial charge on any atom is -0.415 e. The zero-order valence-electron chi connectivity index (χ0n) is 16.8. The highest BCUT2D eigenvalue weighted by Gasteiger charge is 2.13. The maximum atomic E-state index is 9.17. The van der Waals surface area contributed by atoms with Gasteiger partial charge in [0.05, 0.1) is 24.7 Å². The van der Waals surface area contributed by atoms with Gasteiger partial charge in [-0.1, -0.05) is 43.0 Å². The molecule has 0 bridgehead atoms. The number of aromatic nitrogens is 4. The van der Waals surface area contributed by atoms with E-state index in [-0.39, 0.29) is 6.61 Å². The molecule has 0 saturated carbocycles. The fourth-order valence-electron chi connectivity index (χ4n) is 2.90. The highest BCUT2D eigenvalue weighted by atomic mass is 16.4. The van der Waals surface area contributed by atoms with E-state index in [1.54, 1.807) is 12.4 Å². The van der Waals surface area contributed by atoms with E-state index in [0.29, 0.717) is 23.2 Å². The van der Waals surface area contributed by atoms with E-state index in [9.17, 15) is 0 Å². The van der Waals surface area contributed by atoms with Gasteiger partial charge in [-0.3, -0.25) is 4.98 Å². The molecule has 1 N–H and O–H groups in total. The number of rotatable bonds is 6. The van der Waals surface area contributed by atoms with E-state index in [1.165, 1.54) is 0 Å². The molecule has 2 aromatic heterocycles. The second-order valence-electron chi connectivity index (χ2n) is 6.98. The maximum absolute atomic E-state index is 9.17. The molecule has 2 heterocycles. The quantitative estimate of drug-likeness (QED) is 0.526. The average molecular weight is 399 g/mol.